The second-order valence-corrected chi connectivity index (χ2v) is 5.07. The standard InChI is InChI=1S/C15H21NO4/c1-10-5-6-11(2)13(7-10)20-9-14(17)16(4)8-12(3)15(18)19/h5-7,12H,8-9H2,1-4H3,(H,18,19). The minimum absolute atomic E-state index is 0.0901. The number of nitrogens with zero attached hydrogens (tertiary/aromatic N) is 1. The third-order valence-corrected chi connectivity index (χ3v) is 3.09. The Bertz CT molecular complexity index is 499. The van der Waals surface area contributed by atoms with Gasteiger partial charge in [-0.1, -0.05) is 19.1 Å². The van der Waals surface area contributed by atoms with Gasteiger partial charge in [-0.2, -0.15) is 0 Å². The average molecular weight is 279 g/mol. The predicted molar refractivity (Wildman–Crippen MR) is 75.8 cm³/mol. The molecule has 20 heavy (non-hydrogen) atoms. The van der Waals surface area contributed by atoms with Gasteiger partial charge in [-0.3, -0.25) is 9.59 Å². The molecular weight excluding hydrogens is 258 g/mol. The van der Waals surface area contributed by atoms with E-state index in [0.717, 1.165) is 11.1 Å². The van der Waals surface area contributed by atoms with E-state index in [1.54, 1.807) is 14.0 Å². The molecule has 1 amide bonds. The second kappa shape index (κ2) is 6.93. The van der Waals surface area contributed by atoms with Gasteiger partial charge in [0, 0.05) is 13.6 Å². The lowest BCUT2D eigenvalue weighted by Gasteiger charge is -2.20. The monoisotopic (exact) mass is 279 g/mol. The summed E-state index contributed by atoms with van der Waals surface area (Å²) in [7, 11) is 1.58. The number of likely N-dealkylation sites (N-methyl/N-ethyl adjacent to an activating group) is 1. The van der Waals surface area contributed by atoms with Gasteiger partial charge in [0.2, 0.25) is 0 Å². The van der Waals surface area contributed by atoms with Crippen molar-refractivity contribution >= 4 is 11.9 Å². The zero-order chi connectivity index (χ0) is 15.3. The molecule has 0 radical (unpaired) electrons. The number of carboxylic acid groups (broad SMARTS) is 1. The van der Waals surface area contributed by atoms with Crippen molar-refractivity contribution in [3.8, 4) is 5.75 Å². The van der Waals surface area contributed by atoms with Gasteiger partial charge in [-0.15, -0.1) is 0 Å². The number of hydrogen-bond donors (Lipinski definition) is 1. The Morgan fingerprint density at radius 1 is 1.35 bits per heavy atom. The average Bonchev–Trinajstić information content (AvgIpc) is 2.39. The summed E-state index contributed by atoms with van der Waals surface area (Å²) in [5.41, 5.74) is 2.02. The van der Waals surface area contributed by atoms with Gasteiger partial charge < -0.3 is 14.7 Å². The lowest BCUT2D eigenvalue weighted by Crippen LogP contribution is -2.36. The number of ether oxygens (including phenoxy) is 1. The van der Waals surface area contributed by atoms with Crippen LogP contribution in [-0.4, -0.2) is 42.1 Å². The summed E-state index contributed by atoms with van der Waals surface area (Å²) in [6.07, 6.45) is 0. The summed E-state index contributed by atoms with van der Waals surface area (Å²) in [5, 5.41) is 8.82. The first-order chi connectivity index (χ1) is 9.31. The highest BCUT2D eigenvalue weighted by atomic mass is 16.5. The summed E-state index contributed by atoms with van der Waals surface area (Å²) in [4.78, 5) is 24.0. The van der Waals surface area contributed by atoms with Crippen molar-refractivity contribution in [2.45, 2.75) is 20.8 Å². The summed E-state index contributed by atoms with van der Waals surface area (Å²) in [6.45, 7) is 5.51. The molecule has 1 rings (SSSR count). The molecule has 0 aliphatic heterocycles. The van der Waals surface area contributed by atoms with E-state index < -0.39 is 11.9 Å². The van der Waals surface area contributed by atoms with E-state index in [9.17, 15) is 9.59 Å². The molecule has 0 fully saturated rings. The van der Waals surface area contributed by atoms with Crippen LogP contribution in [0, 0.1) is 19.8 Å². The van der Waals surface area contributed by atoms with Gasteiger partial charge >= 0.3 is 5.97 Å². The van der Waals surface area contributed by atoms with Crippen LogP contribution in [0.3, 0.4) is 0 Å². The van der Waals surface area contributed by atoms with Gasteiger partial charge in [0.25, 0.3) is 5.91 Å². The lowest BCUT2D eigenvalue weighted by molar-refractivity contribution is -0.143. The summed E-state index contributed by atoms with van der Waals surface area (Å²) >= 11 is 0. The predicted octanol–water partition coefficient (Wildman–Crippen LogP) is 1.86. The number of rotatable bonds is 6. The minimum Gasteiger partial charge on any atom is -0.483 e. The molecule has 5 heteroatoms. The number of hydrogen-bond acceptors (Lipinski definition) is 3. The van der Waals surface area contributed by atoms with Crippen LogP contribution >= 0.6 is 0 Å². The Labute approximate surface area is 119 Å². The third-order valence-electron chi connectivity index (χ3n) is 3.09. The van der Waals surface area contributed by atoms with Crippen molar-refractivity contribution in [2.24, 2.45) is 5.92 Å². The van der Waals surface area contributed by atoms with E-state index >= 15 is 0 Å². The molecule has 1 N–H and O–H groups in total. The van der Waals surface area contributed by atoms with E-state index in [1.165, 1.54) is 4.90 Å². The molecular formula is C15H21NO4. The molecule has 5 nitrogen and oxygen atoms in total. The Hall–Kier alpha value is -2.04. The van der Waals surface area contributed by atoms with E-state index in [1.807, 2.05) is 32.0 Å². The molecule has 0 heterocycles. The van der Waals surface area contributed by atoms with Gasteiger partial charge in [-0.05, 0) is 31.0 Å². The van der Waals surface area contributed by atoms with Crippen LogP contribution in [0.25, 0.3) is 0 Å². The number of carbonyl (C=O) groups is 2. The van der Waals surface area contributed by atoms with Crippen LogP contribution in [0.4, 0.5) is 0 Å². The fourth-order valence-electron chi connectivity index (χ4n) is 1.70. The number of aliphatic carboxylic acids is 1. The maximum absolute atomic E-state index is 11.9. The number of amides is 1. The normalized spacial score (nSPS) is 11.8. The minimum atomic E-state index is -0.917. The maximum atomic E-state index is 11.9. The van der Waals surface area contributed by atoms with E-state index in [0.29, 0.717) is 5.75 Å². The van der Waals surface area contributed by atoms with Crippen LogP contribution in [0.1, 0.15) is 18.1 Å². The van der Waals surface area contributed by atoms with E-state index in [2.05, 4.69) is 0 Å². The highest BCUT2D eigenvalue weighted by molar-refractivity contribution is 5.78. The first-order valence-electron chi connectivity index (χ1n) is 6.48. The van der Waals surface area contributed by atoms with E-state index in [-0.39, 0.29) is 19.1 Å². The van der Waals surface area contributed by atoms with Crippen molar-refractivity contribution in [2.75, 3.05) is 20.2 Å². The van der Waals surface area contributed by atoms with Gasteiger partial charge in [0.05, 0.1) is 5.92 Å². The fraction of sp³-hybridized carbons (Fsp3) is 0.467. The van der Waals surface area contributed by atoms with Crippen molar-refractivity contribution < 1.29 is 19.4 Å². The quantitative estimate of drug-likeness (QED) is 0.863. The molecule has 0 saturated heterocycles. The topological polar surface area (TPSA) is 66.8 Å². The number of aryl methyl sites for hydroxylation is 2. The molecule has 0 aliphatic carbocycles. The Morgan fingerprint density at radius 3 is 2.60 bits per heavy atom. The zero-order valence-electron chi connectivity index (χ0n) is 12.3. The molecule has 0 bridgehead atoms. The highest BCUT2D eigenvalue weighted by Crippen LogP contribution is 2.19. The molecule has 0 spiro atoms. The van der Waals surface area contributed by atoms with Gasteiger partial charge in [-0.25, -0.2) is 0 Å². The van der Waals surface area contributed by atoms with Crippen molar-refractivity contribution in [3.05, 3.63) is 29.3 Å². The summed E-state index contributed by atoms with van der Waals surface area (Å²) in [5.74, 6) is -1.07. The molecule has 0 saturated carbocycles. The highest BCUT2D eigenvalue weighted by Gasteiger charge is 2.17. The van der Waals surface area contributed by atoms with E-state index in [4.69, 9.17) is 9.84 Å². The largest absolute Gasteiger partial charge is 0.483 e. The smallest absolute Gasteiger partial charge is 0.308 e. The van der Waals surface area contributed by atoms with Crippen LogP contribution in [0.5, 0.6) is 5.75 Å². The lowest BCUT2D eigenvalue weighted by atomic mass is 10.1. The number of carbonyl (C=O) groups excluding carboxylic acids is 1. The molecule has 110 valence electrons. The van der Waals surface area contributed by atoms with Crippen molar-refractivity contribution in [1.82, 2.24) is 4.90 Å². The first kappa shape index (κ1) is 16.0. The van der Waals surface area contributed by atoms with Gasteiger partial charge in [0.15, 0.2) is 6.61 Å². The first-order valence-corrected chi connectivity index (χ1v) is 6.48. The Balaban J connectivity index is 2.54. The molecule has 1 aromatic carbocycles. The van der Waals surface area contributed by atoms with Gasteiger partial charge in [0.1, 0.15) is 5.75 Å². The maximum Gasteiger partial charge on any atom is 0.308 e. The Kier molecular flexibility index (Phi) is 5.55. The van der Waals surface area contributed by atoms with Crippen LogP contribution in [0.15, 0.2) is 18.2 Å². The Morgan fingerprint density at radius 2 is 2.00 bits per heavy atom. The molecule has 0 aliphatic rings. The molecule has 1 unspecified atom stereocenters. The molecule has 1 aromatic rings. The fourth-order valence-corrected chi connectivity index (χ4v) is 1.70. The molecule has 1 atom stereocenters. The molecule has 0 aromatic heterocycles. The zero-order valence-corrected chi connectivity index (χ0v) is 12.3. The summed E-state index contributed by atoms with van der Waals surface area (Å²) in [6, 6.07) is 5.79. The SMILES string of the molecule is Cc1ccc(C)c(OCC(=O)N(C)CC(C)C(=O)O)c1. The summed E-state index contributed by atoms with van der Waals surface area (Å²) < 4.78 is 5.50. The second-order valence-electron chi connectivity index (χ2n) is 5.07. The van der Waals surface area contributed by atoms with Crippen molar-refractivity contribution in [3.63, 3.8) is 0 Å². The van der Waals surface area contributed by atoms with Crippen LogP contribution in [-0.2, 0) is 9.59 Å². The van der Waals surface area contributed by atoms with Crippen molar-refractivity contribution in [1.29, 1.82) is 0 Å². The number of benzene rings is 1. The third kappa shape index (κ3) is 4.57. The van der Waals surface area contributed by atoms with Crippen LogP contribution in [0.2, 0.25) is 0 Å². The number of carboxylic acids is 1. The van der Waals surface area contributed by atoms with Crippen LogP contribution < -0.4 is 4.74 Å².